The Morgan fingerprint density at radius 1 is 1.50 bits per heavy atom. The Morgan fingerprint density at radius 3 is 2.72 bits per heavy atom. The summed E-state index contributed by atoms with van der Waals surface area (Å²) in [6, 6.07) is -0.291. The highest BCUT2D eigenvalue weighted by Crippen LogP contribution is 2.25. The van der Waals surface area contributed by atoms with Gasteiger partial charge in [-0.15, -0.1) is 11.8 Å². The number of carbonyl (C=O) groups excluding carboxylic acids is 2. The van der Waals surface area contributed by atoms with Crippen molar-refractivity contribution in [1.82, 2.24) is 9.80 Å². The van der Waals surface area contributed by atoms with Gasteiger partial charge < -0.3 is 14.9 Å². The number of rotatable bonds is 3. The van der Waals surface area contributed by atoms with Gasteiger partial charge in [0.25, 0.3) is 0 Å². The molecule has 0 saturated carbocycles. The van der Waals surface area contributed by atoms with E-state index in [1.54, 1.807) is 11.8 Å². The fraction of sp³-hybridized carbons (Fsp3) is 0.727. The van der Waals surface area contributed by atoms with E-state index in [-0.39, 0.29) is 24.4 Å². The largest absolute Gasteiger partial charge is 0.481 e. The molecule has 2 atom stereocenters. The fourth-order valence-electron chi connectivity index (χ4n) is 2.42. The molecule has 0 bridgehead atoms. The SMILES string of the molecule is CC1C(C(=O)O)CCN1C(=O)CN1CSCC1=O. The third-order valence-corrected chi connectivity index (χ3v) is 4.49. The number of hydrogen-bond donors (Lipinski definition) is 1. The normalized spacial score (nSPS) is 27.9. The highest BCUT2D eigenvalue weighted by Gasteiger charge is 2.38. The van der Waals surface area contributed by atoms with Crippen molar-refractivity contribution >= 4 is 29.5 Å². The van der Waals surface area contributed by atoms with Gasteiger partial charge in [0, 0.05) is 12.6 Å². The molecule has 7 heteroatoms. The molecule has 2 amide bonds. The van der Waals surface area contributed by atoms with Gasteiger partial charge in [0.05, 0.1) is 17.5 Å². The number of carboxylic acids is 1. The van der Waals surface area contributed by atoms with Crippen molar-refractivity contribution in [3.8, 4) is 0 Å². The molecule has 0 aromatic heterocycles. The highest BCUT2D eigenvalue weighted by molar-refractivity contribution is 8.00. The van der Waals surface area contributed by atoms with Crippen molar-refractivity contribution in [1.29, 1.82) is 0 Å². The molecular formula is C11H16N2O4S. The minimum atomic E-state index is -0.856. The van der Waals surface area contributed by atoms with Crippen molar-refractivity contribution in [2.24, 2.45) is 5.92 Å². The monoisotopic (exact) mass is 272 g/mol. The number of hydrogen-bond acceptors (Lipinski definition) is 4. The first-order valence-corrected chi connectivity index (χ1v) is 7.04. The third-order valence-electron chi connectivity index (χ3n) is 3.54. The number of likely N-dealkylation sites (tertiary alicyclic amines) is 1. The predicted octanol–water partition coefficient (Wildman–Crippen LogP) is -0.159. The molecular weight excluding hydrogens is 256 g/mol. The lowest BCUT2D eigenvalue weighted by Crippen LogP contribution is -2.44. The molecule has 2 saturated heterocycles. The van der Waals surface area contributed by atoms with Crippen LogP contribution in [0.3, 0.4) is 0 Å². The summed E-state index contributed by atoms with van der Waals surface area (Å²) in [7, 11) is 0. The summed E-state index contributed by atoms with van der Waals surface area (Å²) < 4.78 is 0. The minimum absolute atomic E-state index is 0.0185. The average Bonchev–Trinajstić information content (AvgIpc) is 2.86. The number of thioether (sulfide) groups is 1. The van der Waals surface area contributed by atoms with Crippen LogP contribution >= 0.6 is 11.8 Å². The van der Waals surface area contributed by atoms with Crippen LogP contribution in [0.25, 0.3) is 0 Å². The molecule has 100 valence electrons. The molecule has 0 aliphatic carbocycles. The third kappa shape index (κ3) is 2.45. The van der Waals surface area contributed by atoms with E-state index in [0.29, 0.717) is 24.6 Å². The van der Waals surface area contributed by atoms with Crippen LogP contribution in [0.2, 0.25) is 0 Å². The van der Waals surface area contributed by atoms with Crippen molar-refractivity contribution in [2.75, 3.05) is 24.7 Å². The summed E-state index contributed by atoms with van der Waals surface area (Å²) in [6.45, 7) is 2.29. The van der Waals surface area contributed by atoms with Crippen molar-refractivity contribution in [2.45, 2.75) is 19.4 Å². The molecule has 18 heavy (non-hydrogen) atoms. The molecule has 1 N–H and O–H groups in total. The standard InChI is InChI=1S/C11H16N2O4S/c1-7-8(11(16)17)2-3-13(7)9(14)4-12-6-18-5-10(12)15/h7-8H,2-6H2,1H3,(H,16,17). The molecule has 2 heterocycles. The Balaban J connectivity index is 1.94. The van der Waals surface area contributed by atoms with Crippen LogP contribution in [0.1, 0.15) is 13.3 Å². The topological polar surface area (TPSA) is 77.9 Å². The maximum Gasteiger partial charge on any atom is 0.308 e. The zero-order valence-corrected chi connectivity index (χ0v) is 11.0. The smallest absolute Gasteiger partial charge is 0.308 e. The van der Waals surface area contributed by atoms with Gasteiger partial charge in [-0.05, 0) is 13.3 Å². The number of aliphatic carboxylic acids is 1. The lowest BCUT2D eigenvalue weighted by atomic mass is 10.0. The first kappa shape index (κ1) is 13.2. The summed E-state index contributed by atoms with van der Waals surface area (Å²) in [6.07, 6.45) is 0.491. The maximum atomic E-state index is 12.1. The van der Waals surface area contributed by atoms with Crippen LogP contribution in [-0.4, -0.2) is 63.5 Å². The molecule has 2 fully saturated rings. The van der Waals surface area contributed by atoms with E-state index in [1.165, 1.54) is 16.7 Å². The van der Waals surface area contributed by atoms with Gasteiger partial charge in [0.1, 0.15) is 6.54 Å². The van der Waals surface area contributed by atoms with Crippen LogP contribution in [0.4, 0.5) is 0 Å². The summed E-state index contributed by atoms with van der Waals surface area (Å²) >= 11 is 1.49. The van der Waals surface area contributed by atoms with Crippen molar-refractivity contribution in [3.63, 3.8) is 0 Å². The second-order valence-electron chi connectivity index (χ2n) is 4.63. The van der Waals surface area contributed by atoms with Gasteiger partial charge in [-0.3, -0.25) is 14.4 Å². The van der Waals surface area contributed by atoms with Crippen LogP contribution in [0, 0.1) is 5.92 Å². The van der Waals surface area contributed by atoms with E-state index in [1.807, 2.05) is 0 Å². The molecule has 6 nitrogen and oxygen atoms in total. The van der Waals surface area contributed by atoms with Gasteiger partial charge in [-0.1, -0.05) is 0 Å². The van der Waals surface area contributed by atoms with Crippen molar-refractivity contribution in [3.05, 3.63) is 0 Å². The van der Waals surface area contributed by atoms with Gasteiger partial charge in [-0.25, -0.2) is 0 Å². The maximum absolute atomic E-state index is 12.1. The van der Waals surface area contributed by atoms with E-state index < -0.39 is 11.9 Å². The first-order valence-electron chi connectivity index (χ1n) is 5.88. The molecule has 0 spiro atoms. The predicted molar refractivity (Wildman–Crippen MR) is 66.0 cm³/mol. The zero-order chi connectivity index (χ0) is 13.3. The van der Waals surface area contributed by atoms with Gasteiger partial charge >= 0.3 is 5.97 Å². The van der Waals surface area contributed by atoms with E-state index in [4.69, 9.17) is 5.11 Å². The summed E-state index contributed by atoms with van der Waals surface area (Å²) in [5.74, 6) is -0.532. The molecule has 0 radical (unpaired) electrons. The molecule has 2 rings (SSSR count). The van der Waals surface area contributed by atoms with Crippen LogP contribution < -0.4 is 0 Å². The summed E-state index contributed by atoms with van der Waals surface area (Å²) in [5, 5.41) is 9.00. The quantitative estimate of drug-likeness (QED) is 0.772. The molecule has 0 aromatic carbocycles. The van der Waals surface area contributed by atoms with E-state index >= 15 is 0 Å². The highest BCUT2D eigenvalue weighted by atomic mass is 32.2. The number of nitrogens with zero attached hydrogens (tertiary/aromatic N) is 2. The van der Waals surface area contributed by atoms with Crippen LogP contribution in [-0.2, 0) is 14.4 Å². The van der Waals surface area contributed by atoms with Gasteiger partial charge in [-0.2, -0.15) is 0 Å². The average molecular weight is 272 g/mol. The van der Waals surface area contributed by atoms with Crippen molar-refractivity contribution < 1.29 is 19.5 Å². The fourth-order valence-corrected chi connectivity index (χ4v) is 3.32. The second-order valence-corrected chi connectivity index (χ2v) is 5.59. The zero-order valence-electron chi connectivity index (χ0n) is 10.2. The minimum Gasteiger partial charge on any atom is -0.481 e. The molecule has 2 unspecified atom stereocenters. The second kappa shape index (κ2) is 5.17. The Hall–Kier alpha value is -1.24. The number of carboxylic acid groups (broad SMARTS) is 1. The lowest BCUT2D eigenvalue weighted by molar-refractivity contribution is -0.144. The number of amides is 2. The van der Waals surface area contributed by atoms with Gasteiger partial charge in [0.2, 0.25) is 11.8 Å². The Bertz CT molecular complexity index is 387. The summed E-state index contributed by atoms with van der Waals surface area (Å²) in [4.78, 5) is 37.5. The van der Waals surface area contributed by atoms with Crippen LogP contribution in [0.15, 0.2) is 0 Å². The Morgan fingerprint density at radius 2 is 2.22 bits per heavy atom. The Kier molecular flexibility index (Phi) is 3.79. The molecule has 0 aromatic rings. The summed E-state index contributed by atoms with van der Waals surface area (Å²) in [5.41, 5.74) is 0. The van der Waals surface area contributed by atoms with Gasteiger partial charge in [0.15, 0.2) is 0 Å². The molecule has 2 aliphatic heterocycles. The lowest BCUT2D eigenvalue weighted by Gasteiger charge is -2.25. The van der Waals surface area contributed by atoms with E-state index in [0.717, 1.165) is 0 Å². The Labute approximate surface area is 109 Å². The van der Waals surface area contributed by atoms with E-state index in [9.17, 15) is 14.4 Å². The first-order chi connectivity index (χ1) is 8.50. The molecule has 2 aliphatic rings. The number of carbonyl (C=O) groups is 3. The van der Waals surface area contributed by atoms with Crippen LogP contribution in [0.5, 0.6) is 0 Å². The van der Waals surface area contributed by atoms with E-state index in [2.05, 4.69) is 0 Å².